The molecule has 2 aromatic rings. The third-order valence-corrected chi connectivity index (χ3v) is 4.29. The molecule has 2 atom stereocenters. The first-order valence-corrected chi connectivity index (χ1v) is 6.26. The number of aromatic nitrogens is 2. The van der Waals surface area contributed by atoms with Gasteiger partial charge in [-0.05, 0) is 19.1 Å². The van der Waals surface area contributed by atoms with E-state index in [1.165, 1.54) is 0 Å². The molecule has 0 saturated heterocycles. The van der Waals surface area contributed by atoms with Crippen LogP contribution in [0, 0.1) is 6.92 Å². The van der Waals surface area contributed by atoms with Crippen LogP contribution in [0.5, 0.6) is 5.75 Å². The Balaban J connectivity index is 2.20. The maximum Gasteiger partial charge on any atom is 0.310 e. The van der Waals surface area contributed by atoms with E-state index < -0.39 is 0 Å². The Morgan fingerprint density at radius 2 is 2.44 bits per heavy atom. The zero-order chi connectivity index (χ0) is 11.3. The van der Waals surface area contributed by atoms with Gasteiger partial charge in [0.2, 0.25) is 5.75 Å². The molecule has 2 aromatic heterocycles. The molecule has 0 amide bonds. The van der Waals surface area contributed by atoms with Gasteiger partial charge in [0.25, 0.3) is 0 Å². The number of nitrogens with zero attached hydrogens (tertiary/aromatic N) is 2. The Morgan fingerprint density at radius 1 is 1.62 bits per heavy atom. The summed E-state index contributed by atoms with van der Waals surface area (Å²) in [6.07, 6.45) is 2.36. The van der Waals surface area contributed by atoms with Crippen molar-refractivity contribution in [2.45, 2.75) is 19.0 Å². The van der Waals surface area contributed by atoms with Crippen molar-refractivity contribution < 1.29 is 9.52 Å². The van der Waals surface area contributed by atoms with Crippen LogP contribution in [0.2, 0.25) is 0 Å². The molecule has 1 N–H and O–H groups in total. The van der Waals surface area contributed by atoms with Crippen LogP contribution in [-0.2, 0) is 6.29 Å². The Morgan fingerprint density at radius 3 is 3.12 bits per heavy atom. The molecule has 1 unspecified atom stereocenters. The first-order chi connectivity index (χ1) is 7.70. The second-order valence-electron chi connectivity index (χ2n) is 3.76. The Labute approximate surface area is 93.1 Å². The lowest BCUT2D eigenvalue weighted by Crippen LogP contribution is -2.20. The van der Waals surface area contributed by atoms with Gasteiger partial charge in [0.1, 0.15) is 11.5 Å². The van der Waals surface area contributed by atoms with Crippen molar-refractivity contribution in [1.29, 1.82) is 0 Å². The summed E-state index contributed by atoms with van der Waals surface area (Å²) in [5.41, 5.74) is 0.301. The average Bonchev–Trinajstić information content (AvgIpc) is 2.96. The minimum atomic E-state index is -0.330. The number of furan rings is 1. The lowest BCUT2D eigenvalue weighted by Gasteiger charge is -2.07. The monoisotopic (exact) mass is 238 g/mol. The zero-order valence-corrected chi connectivity index (χ0v) is 9.67. The van der Waals surface area contributed by atoms with Gasteiger partial charge in [-0.1, -0.05) is 8.58 Å². The molecule has 1 aliphatic rings. The van der Waals surface area contributed by atoms with Crippen molar-refractivity contribution in [3.63, 3.8) is 0 Å². The van der Waals surface area contributed by atoms with Crippen LogP contribution in [0.4, 0.5) is 0 Å². The van der Waals surface area contributed by atoms with Gasteiger partial charge in [-0.3, -0.25) is 9.48 Å². The van der Waals surface area contributed by atoms with E-state index in [4.69, 9.17) is 4.42 Å². The van der Waals surface area contributed by atoms with Crippen molar-refractivity contribution in [3.05, 3.63) is 40.2 Å². The lowest BCUT2D eigenvalue weighted by atomic mass is 10.4. The predicted octanol–water partition coefficient (Wildman–Crippen LogP) is 1.45. The highest BCUT2D eigenvalue weighted by Crippen LogP contribution is 2.43. The summed E-state index contributed by atoms with van der Waals surface area (Å²) >= 11 is 0. The summed E-state index contributed by atoms with van der Waals surface area (Å²) in [6.45, 7) is 1.75. The first kappa shape index (κ1) is 9.73. The van der Waals surface area contributed by atoms with Crippen molar-refractivity contribution in [2.75, 3.05) is 0 Å². The standard InChI is InChI=1S/C10H11N2O3P/c1-6-8(13)9(14)12-10(16-5-11(6)12)7-3-2-4-15-7/h2-4,10,13,16H,5H2,1H3/t10-/m0/s1. The summed E-state index contributed by atoms with van der Waals surface area (Å²) in [5, 5.41) is 9.61. The quantitative estimate of drug-likeness (QED) is 0.765. The van der Waals surface area contributed by atoms with Gasteiger partial charge in [-0.25, -0.2) is 4.68 Å². The molecule has 3 rings (SSSR count). The van der Waals surface area contributed by atoms with Gasteiger partial charge in [-0.15, -0.1) is 0 Å². The fourth-order valence-corrected chi connectivity index (χ4v) is 3.57. The predicted molar refractivity (Wildman–Crippen MR) is 60.3 cm³/mol. The molecule has 5 nitrogen and oxygen atoms in total. The Kier molecular flexibility index (Phi) is 1.98. The first-order valence-electron chi connectivity index (χ1n) is 4.98. The summed E-state index contributed by atoms with van der Waals surface area (Å²) < 4.78 is 8.74. The van der Waals surface area contributed by atoms with E-state index in [1.54, 1.807) is 17.9 Å². The third-order valence-electron chi connectivity index (χ3n) is 2.89. The molecule has 0 aliphatic carbocycles. The fourth-order valence-electron chi connectivity index (χ4n) is 2.04. The molecule has 0 spiro atoms. The lowest BCUT2D eigenvalue weighted by molar-refractivity contribution is 0.445. The van der Waals surface area contributed by atoms with E-state index in [1.807, 2.05) is 16.8 Å². The maximum absolute atomic E-state index is 11.8. The van der Waals surface area contributed by atoms with E-state index in [0.29, 0.717) is 14.3 Å². The van der Waals surface area contributed by atoms with E-state index in [2.05, 4.69) is 0 Å². The molecule has 6 heteroatoms. The van der Waals surface area contributed by atoms with E-state index in [-0.39, 0.29) is 17.1 Å². The van der Waals surface area contributed by atoms with Gasteiger partial charge in [0, 0.05) is 0 Å². The van der Waals surface area contributed by atoms with Gasteiger partial charge in [0.05, 0.1) is 18.2 Å². The zero-order valence-electron chi connectivity index (χ0n) is 8.67. The molecule has 16 heavy (non-hydrogen) atoms. The highest BCUT2D eigenvalue weighted by Gasteiger charge is 2.30. The average molecular weight is 238 g/mol. The number of fused-ring (bicyclic) bond motifs is 1. The van der Waals surface area contributed by atoms with E-state index in [9.17, 15) is 9.90 Å². The number of hydrogen-bond acceptors (Lipinski definition) is 3. The highest BCUT2D eigenvalue weighted by atomic mass is 31.1. The van der Waals surface area contributed by atoms with Crippen molar-refractivity contribution in [2.24, 2.45) is 0 Å². The normalized spacial score (nSPS) is 20.4. The number of rotatable bonds is 1. The van der Waals surface area contributed by atoms with Crippen LogP contribution in [0.1, 0.15) is 17.2 Å². The molecule has 3 heterocycles. The minimum Gasteiger partial charge on any atom is -0.502 e. The molecule has 84 valence electrons. The number of aromatic hydroxyl groups is 1. The molecule has 0 fully saturated rings. The highest BCUT2D eigenvalue weighted by molar-refractivity contribution is 7.37. The summed E-state index contributed by atoms with van der Waals surface area (Å²) in [4.78, 5) is 11.8. The molecule has 0 radical (unpaired) electrons. The van der Waals surface area contributed by atoms with Gasteiger partial charge in [-0.2, -0.15) is 0 Å². The van der Waals surface area contributed by atoms with Crippen LogP contribution >= 0.6 is 8.58 Å². The second kappa shape index (κ2) is 3.25. The Bertz CT molecular complexity index is 582. The van der Waals surface area contributed by atoms with Crippen LogP contribution < -0.4 is 5.56 Å². The third kappa shape index (κ3) is 1.12. The topological polar surface area (TPSA) is 60.3 Å². The molecular weight excluding hydrogens is 227 g/mol. The van der Waals surface area contributed by atoms with Crippen LogP contribution in [0.15, 0.2) is 27.6 Å². The van der Waals surface area contributed by atoms with Crippen molar-refractivity contribution in [3.8, 4) is 5.75 Å². The van der Waals surface area contributed by atoms with E-state index >= 15 is 0 Å². The smallest absolute Gasteiger partial charge is 0.310 e. The Hall–Kier alpha value is -1.48. The summed E-state index contributed by atoms with van der Waals surface area (Å²) in [6, 6.07) is 3.67. The molecule has 1 aliphatic heterocycles. The van der Waals surface area contributed by atoms with Crippen LogP contribution in [-0.4, -0.2) is 14.5 Å². The van der Waals surface area contributed by atoms with E-state index in [0.717, 1.165) is 12.0 Å². The van der Waals surface area contributed by atoms with Gasteiger partial charge >= 0.3 is 5.56 Å². The van der Waals surface area contributed by atoms with Crippen LogP contribution in [0.25, 0.3) is 0 Å². The molecule has 0 aromatic carbocycles. The SMILES string of the molecule is Cc1c(O)c(=O)n2n1CP[C@H]2c1ccco1. The molecular formula is C10H11N2O3P. The largest absolute Gasteiger partial charge is 0.502 e. The number of hydrogen-bond donors (Lipinski definition) is 1. The van der Waals surface area contributed by atoms with Crippen molar-refractivity contribution >= 4 is 8.58 Å². The molecule has 0 saturated carbocycles. The maximum atomic E-state index is 11.8. The second-order valence-corrected chi connectivity index (χ2v) is 5.03. The fraction of sp³-hybridized carbons (Fsp3) is 0.300. The van der Waals surface area contributed by atoms with Gasteiger partial charge < -0.3 is 9.52 Å². The summed E-state index contributed by atoms with van der Waals surface area (Å²) in [5.74, 6) is 0.555. The van der Waals surface area contributed by atoms with Gasteiger partial charge in [0.15, 0.2) is 0 Å². The molecule has 0 bridgehead atoms. The summed E-state index contributed by atoms with van der Waals surface area (Å²) in [7, 11) is 0.566. The van der Waals surface area contributed by atoms with Crippen molar-refractivity contribution in [1.82, 2.24) is 9.36 Å². The minimum absolute atomic E-state index is 0.0675. The van der Waals surface area contributed by atoms with Crippen LogP contribution in [0.3, 0.4) is 0 Å².